The van der Waals surface area contributed by atoms with Crippen LogP contribution in [0.1, 0.15) is 49.2 Å². The highest BCUT2D eigenvalue weighted by Gasteiger charge is 2.19. The van der Waals surface area contributed by atoms with Crippen LogP contribution in [-0.2, 0) is 11.3 Å². The number of aryl methyl sites for hydroxylation is 1. The van der Waals surface area contributed by atoms with Gasteiger partial charge in [-0.15, -0.1) is 0 Å². The van der Waals surface area contributed by atoms with Crippen molar-refractivity contribution in [3.8, 4) is 0 Å². The van der Waals surface area contributed by atoms with Gasteiger partial charge in [-0.25, -0.2) is 4.79 Å². The number of hydrogen-bond acceptors (Lipinski definition) is 2. The smallest absolute Gasteiger partial charge is 0.338 e. The first kappa shape index (κ1) is 13.7. The van der Waals surface area contributed by atoms with E-state index >= 15 is 0 Å². The Morgan fingerprint density at radius 1 is 1.13 bits per heavy atom. The predicted octanol–water partition coefficient (Wildman–Crippen LogP) is 3.72. The van der Waals surface area contributed by atoms with Gasteiger partial charge in [0, 0.05) is 5.56 Å². The van der Waals surface area contributed by atoms with E-state index in [0.29, 0.717) is 6.61 Å². The summed E-state index contributed by atoms with van der Waals surface area (Å²) < 4.78 is 4.84. The molecule has 0 aliphatic carbocycles. The van der Waals surface area contributed by atoms with Crippen molar-refractivity contribution in [3.63, 3.8) is 0 Å². The number of benzene rings is 1. The van der Waals surface area contributed by atoms with Gasteiger partial charge >= 0.3 is 5.97 Å². The van der Waals surface area contributed by atoms with Crippen LogP contribution in [0.4, 0.5) is 0 Å². The molecular formula is C13H20O2. The molecule has 0 atom stereocenters. The van der Waals surface area contributed by atoms with E-state index in [4.69, 9.17) is 4.74 Å². The molecule has 84 valence electrons. The minimum absolute atomic E-state index is 0.194. The van der Waals surface area contributed by atoms with Gasteiger partial charge in [0.05, 0.1) is 5.56 Å². The Balaban J connectivity index is 0.000000442. The standard InChI is InChI=1S/C9H8O2.2C2H6/c1-6-2-3-8-7(4-6)5-11-9(8)10;2*1-2/h2-4H,5H2,1H3;2*1-2H3. The first-order valence-corrected chi connectivity index (χ1v) is 5.54. The Morgan fingerprint density at radius 2 is 1.73 bits per heavy atom. The zero-order valence-corrected chi connectivity index (χ0v) is 10.3. The Hall–Kier alpha value is -1.31. The number of hydrogen-bond donors (Lipinski definition) is 0. The predicted molar refractivity (Wildman–Crippen MR) is 63.0 cm³/mol. The lowest BCUT2D eigenvalue weighted by atomic mass is 10.1. The van der Waals surface area contributed by atoms with Crippen molar-refractivity contribution >= 4 is 5.97 Å². The van der Waals surface area contributed by atoms with Crippen LogP contribution in [0, 0.1) is 6.92 Å². The Bertz CT molecular complexity index is 316. The van der Waals surface area contributed by atoms with Gasteiger partial charge in [0.1, 0.15) is 6.61 Å². The van der Waals surface area contributed by atoms with Crippen LogP contribution in [0.5, 0.6) is 0 Å². The SMILES string of the molecule is CC.CC.Cc1ccc2c(c1)COC2=O. The maximum Gasteiger partial charge on any atom is 0.338 e. The van der Waals surface area contributed by atoms with Crippen LogP contribution in [0.15, 0.2) is 18.2 Å². The fourth-order valence-electron chi connectivity index (χ4n) is 1.26. The molecule has 0 amide bonds. The molecule has 1 aliphatic rings. The van der Waals surface area contributed by atoms with E-state index in [9.17, 15) is 4.79 Å². The molecular weight excluding hydrogens is 188 g/mol. The summed E-state index contributed by atoms with van der Waals surface area (Å²) in [7, 11) is 0. The second kappa shape index (κ2) is 7.04. The molecule has 0 aromatic heterocycles. The van der Waals surface area contributed by atoms with Crippen LogP contribution in [-0.4, -0.2) is 5.97 Å². The number of fused-ring (bicyclic) bond motifs is 1. The molecule has 2 rings (SSSR count). The molecule has 15 heavy (non-hydrogen) atoms. The third kappa shape index (κ3) is 3.39. The van der Waals surface area contributed by atoms with Crippen molar-refractivity contribution in [2.75, 3.05) is 0 Å². The molecule has 1 heterocycles. The van der Waals surface area contributed by atoms with Crippen molar-refractivity contribution in [1.82, 2.24) is 0 Å². The molecule has 0 N–H and O–H groups in total. The quantitative estimate of drug-likeness (QED) is 0.607. The molecule has 2 heteroatoms. The summed E-state index contributed by atoms with van der Waals surface area (Å²) >= 11 is 0. The van der Waals surface area contributed by atoms with Crippen LogP contribution in [0.3, 0.4) is 0 Å². The number of rotatable bonds is 0. The van der Waals surface area contributed by atoms with Gasteiger partial charge in [-0.2, -0.15) is 0 Å². The normalized spacial score (nSPS) is 11.4. The van der Waals surface area contributed by atoms with Gasteiger partial charge in [0.15, 0.2) is 0 Å². The fourth-order valence-corrected chi connectivity index (χ4v) is 1.26. The molecule has 0 unspecified atom stereocenters. The fraction of sp³-hybridized carbons (Fsp3) is 0.462. The van der Waals surface area contributed by atoms with Gasteiger partial charge in [-0.1, -0.05) is 45.4 Å². The average Bonchev–Trinajstić information content (AvgIpc) is 2.65. The zero-order valence-electron chi connectivity index (χ0n) is 10.3. The highest BCUT2D eigenvalue weighted by atomic mass is 16.5. The van der Waals surface area contributed by atoms with Crippen molar-refractivity contribution in [3.05, 3.63) is 34.9 Å². The molecule has 0 saturated heterocycles. The summed E-state index contributed by atoms with van der Waals surface area (Å²) in [5.74, 6) is -0.194. The first-order valence-electron chi connectivity index (χ1n) is 5.54. The first-order chi connectivity index (χ1) is 7.27. The minimum atomic E-state index is -0.194. The highest BCUT2D eigenvalue weighted by molar-refractivity contribution is 5.93. The topological polar surface area (TPSA) is 26.3 Å². The lowest BCUT2D eigenvalue weighted by Crippen LogP contribution is -1.92. The number of esters is 1. The Kier molecular flexibility index (Phi) is 6.43. The summed E-state index contributed by atoms with van der Waals surface area (Å²) in [5, 5.41) is 0. The molecule has 0 radical (unpaired) electrons. The Morgan fingerprint density at radius 3 is 2.33 bits per heavy atom. The number of ether oxygens (including phenoxy) is 1. The van der Waals surface area contributed by atoms with Gasteiger partial charge in [0.2, 0.25) is 0 Å². The van der Waals surface area contributed by atoms with Gasteiger partial charge in [-0.05, 0) is 13.0 Å². The molecule has 0 saturated carbocycles. The van der Waals surface area contributed by atoms with Crippen LogP contribution < -0.4 is 0 Å². The van der Waals surface area contributed by atoms with E-state index in [1.165, 1.54) is 5.56 Å². The van der Waals surface area contributed by atoms with Crippen LogP contribution in [0.25, 0.3) is 0 Å². The van der Waals surface area contributed by atoms with Crippen molar-refractivity contribution in [1.29, 1.82) is 0 Å². The lowest BCUT2D eigenvalue weighted by Gasteiger charge is -1.93. The van der Waals surface area contributed by atoms with Crippen molar-refractivity contribution in [2.24, 2.45) is 0 Å². The lowest BCUT2D eigenvalue weighted by molar-refractivity contribution is 0.0535. The molecule has 1 aliphatic heterocycles. The van der Waals surface area contributed by atoms with Crippen LogP contribution >= 0.6 is 0 Å². The van der Waals surface area contributed by atoms with Crippen molar-refractivity contribution in [2.45, 2.75) is 41.2 Å². The Labute approximate surface area is 92.3 Å². The third-order valence-electron chi connectivity index (χ3n) is 1.84. The summed E-state index contributed by atoms with van der Waals surface area (Å²) in [6, 6.07) is 5.73. The van der Waals surface area contributed by atoms with Crippen LogP contribution in [0.2, 0.25) is 0 Å². The van der Waals surface area contributed by atoms with E-state index in [1.54, 1.807) is 0 Å². The molecule has 1 aromatic rings. The second-order valence-corrected chi connectivity index (χ2v) is 2.74. The molecule has 0 spiro atoms. The molecule has 1 aromatic carbocycles. The van der Waals surface area contributed by atoms with Crippen molar-refractivity contribution < 1.29 is 9.53 Å². The summed E-state index contributed by atoms with van der Waals surface area (Å²) in [6.45, 7) is 10.4. The van der Waals surface area contributed by atoms with E-state index in [2.05, 4.69) is 0 Å². The second-order valence-electron chi connectivity index (χ2n) is 2.74. The highest BCUT2D eigenvalue weighted by Crippen LogP contribution is 2.20. The summed E-state index contributed by atoms with van der Waals surface area (Å²) in [5.41, 5.74) is 2.90. The van der Waals surface area contributed by atoms with Gasteiger partial charge in [0.25, 0.3) is 0 Å². The largest absolute Gasteiger partial charge is 0.457 e. The summed E-state index contributed by atoms with van der Waals surface area (Å²) in [4.78, 5) is 11.0. The number of cyclic esters (lactones) is 1. The molecule has 2 nitrogen and oxygen atoms in total. The van der Waals surface area contributed by atoms with Gasteiger partial charge in [-0.3, -0.25) is 0 Å². The van der Waals surface area contributed by atoms with E-state index in [1.807, 2.05) is 52.8 Å². The van der Waals surface area contributed by atoms with E-state index < -0.39 is 0 Å². The number of carbonyl (C=O) groups excluding carboxylic acids is 1. The maximum absolute atomic E-state index is 11.0. The number of carbonyl (C=O) groups is 1. The molecule has 0 fully saturated rings. The third-order valence-corrected chi connectivity index (χ3v) is 1.84. The minimum Gasteiger partial charge on any atom is -0.457 e. The van der Waals surface area contributed by atoms with Gasteiger partial charge < -0.3 is 4.74 Å². The van der Waals surface area contributed by atoms with E-state index in [-0.39, 0.29) is 5.97 Å². The maximum atomic E-state index is 11.0. The zero-order chi connectivity index (χ0) is 11.8. The van der Waals surface area contributed by atoms with E-state index in [0.717, 1.165) is 11.1 Å². The summed E-state index contributed by atoms with van der Waals surface area (Å²) in [6.07, 6.45) is 0. The average molecular weight is 208 g/mol. The monoisotopic (exact) mass is 208 g/mol. The molecule has 0 bridgehead atoms.